The van der Waals surface area contributed by atoms with Crippen molar-refractivity contribution in [2.75, 3.05) is 6.54 Å². The lowest BCUT2D eigenvalue weighted by molar-refractivity contribution is -0.142. The molecule has 6 nitrogen and oxygen atoms in total. The van der Waals surface area contributed by atoms with Gasteiger partial charge in [0, 0.05) is 31.3 Å². The molecule has 2 fully saturated rings. The number of nitrogens with zero attached hydrogens (tertiary/aromatic N) is 2. The van der Waals surface area contributed by atoms with E-state index in [1.807, 2.05) is 42.5 Å². The summed E-state index contributed by atoms with van der Waals surface area (Å²) >= 11 is 0. The quantitative estimate of drug-likeness (QED) is 0.758. The molecule has 1 aromatic carbocycles. The van der Waals surface area contributed by atoms with Crippen LogP contribution < -0.4 is 10.1 Å². The van der Waals surface area contributed by atoms with Gasteiger partial charge in [-0.15, -0.1) is 0 Å². The number of rotatable bonds is 7. The molecule has 0 bridgehead atoms. The van der Waals surface area contributed by atoms with Gasteiger partial charge in [-0.1, -0.05) is 36.4 Å². The molecule has 1 aliphatic heterocycles. The van der Waals surface area contributed by atoms with E-state index in [-0.39, 0.29) is 17.9 Å². The maximum atomic E-state index is 13.3. The van der Waals surface area contributed by atoms with Crippen molar-refractivity contribution < 1.29 is 14.3 Å². The SMILES string of the molecule is O=C(NCc1cccnc1OC1CCCC1)C(c1ccccc1)N1CCCCC1=O. The lowest BCUT2D eigenvalue weighted by Crippen LogP contribution is -2.45. The number of hydrogen-bond donors (Lipinski definition) is 1. The van der Waals surface area contributed by atoms with Crippen molar-refractivity contribution >= 4 is 11.8 Å². The molecule has 1 aromatic heterocycles. The molecule has 1 unspecified atom stereocenters. The Balaban J connectivity index is 1.49. The predicted molar refractivity (Wildman–Crippen MR) is 114 cm³/mol. The van der Waals surface area contributed by atoms with E-state index in [0.29, 0.717) is 25.4 Å². The molecule has 2 aromatic rings. The molecule has 1 N–H and O–H groups in total. The van der Waals surface area contributed by atoms with E-state index < -0.39 is 6.04 Å². The average molecular weight is 408 g/mol. The van der Waals surface area contributed by atoms with E-state index in [2.05, 4.69) is 10.3 Å². The minimum Gasteiger partial charge on any atom is -0.474 e. The minimum absolute atomic E-state index is 0.0388. The Labute approximate surface area is 177 Å². The highest BCUT2D eigenvalue weighted by Crippen LogP contribution is 2.27. The van der Waals surface area contributed by atoms with Gasteiger partial charge in [-0.2, -0.15) is 0 Å². The summed E-state index contributed by atoms with van der Waals surface area (Å²) in [5.74, 6) is 0.457. The minimum atomic E-state index is -0.616. The topological polar surface area (TPSA) is 71.5 Å². The van der Waals surface area contributed by atoms with E-state index in [1.165, 1.54) is 12.8 Å². The van der Waals surface area contributed by atoms with Gasteiger partial charge in [-0.05, 0) is 50.2 Å². The smallest absolute Gasteiger partial charge is 0.247 e. The van der Waals surface area contributed by atoms with Crippen LogP contribution in [0.15, 0.2) is 48.7 Å². The van der Waals surface area contributed by atoms with E-state index in [9.17, 15) is 9.59 Å². The first kappa shape index (κ1) is 20.4. The average Bonchev–Trinajstić information content (AvgIpc) is 3.29. The molecular weight excluding hydrogens is 378 g/mol. The van der Waals surface area contributed by atoms with Gasteiger partial charge in [0.2, 0.25) is 17.7 Å². The number of pyridine rings is 1. The van der Waals surface area contributed by atoms with E-state index in [1.54, 1.807) is 11.1 Å². The highest BCUT2D eigenvalue weighted by atomic mass is 16.5. The summed E-state index contributed by atoms with van der Waals surface area (Å²) in [7, 11) is 0. The van der Waals surface area contributed by atoms with Crippen LogP contribution in [0.2, 0.25) is 0 Å². The fourth-order valence-corrected chi connectivity index (χ4v) is 4.32. The molecule has 1 saturated carbocycles. The fraction of sp³-hybridized carbons (Fsp3) is 0.458. The Hall–Kier alpha value is -2.89. The Kier molecular flexibility index (Phi) is 6.62. The van der Waals surface area contributed by atoms with Crippen LogP contribution in [-0.2, 0) is 16.1 Å². The van der Waals surface area contributed by atoms with Crippen molar-refractivity contribution in [1.29, 1.82) is 0 Å². The van der Waals surface area contributed by atoms with E-state index >= 15 is 0 Å². The van der Waals surface area contributed by atoms with Gasteiger partial charge in [0.15, 0.2) is 0 Å². The van der Waals surface area contributed by atoms with Gasteiger partial charge in [0.1, 0.15) is 12.1 Å². The van der Waals surface area contributed by atoms with Crippen LogP contribution in [0.5, 0.6) is 5.88 Å². The largest absolute Gasteiger partial charge is 0.474 e. The van der Waals surface area contributed by atoms with Gasteiger partial charge in [-0.3, -0.25) is 9.59 Å². The van der Waals surface area contributed by atoms with Crippen LogP contribution in [0.4, 0.5) is 0 Å². The van der Waals surface area contributed by atoms with Crippen LogP contribution in [0, 0.1) is 0 Å². The first-order chi connectivity index (χ1) is 14.7. The molecule has 6 heteroatoms. The van der Waals surface area contributed by atoms with Crippen LogP contribution >= 0.6 is 0 Å². The second-order valence-electron chi connectivity index (χ2n) is 8.07. The summed E-state index contributed by atoms with van der Waals surface area (Å²) in [6, 6.07) is 12.7. The van der Waals surface area contributed by atoms with Gasteiger partial charge >= 0.3 is 0 Å². The van der Waals surface area contributed by atoms with Crippen molar-refractivity contribution in [2.24, 2.45) is 0 Å². The second-order valence-corrected chi connectivity index (χ2v) is 8.07. The number of nitrogens with one attached hydrogen (secondary N) is 1. The maximum Gasteiger partial charge on any atom is 0.247 e. The fourth-order valence-electron chi connectivity index (χ4n) is 4.32. The number of benzene rings is 1. The van der Waals surface area contributed by atoms with Crippen LogP contribution in [0.3, 0.4) is 0 Å². The number of likely N-dealkylation sites (tertiary alicyclic amines) is 1. The molecule has 2 amide bonds. The number of ether oxygens (including phenoxy) is 1. The lowest BCUT2D eigenvalue weighted by Gasteiger charge is -2.34. The molecule has 0 radical (unpaired) electrons. The molecule has 158 valence electrons. The third-order valence-corrected chi connectivity index (χ3v) is 5.92. The van der Waals surface area contributed by atoms with Crippen molar-refractivity contribution in [3.63, 3.8) is 0 Å². The standard InChI is InChI=1S/C24H29N3O3/c28-21-14-6-7-16-27(21)22(18-9-2-1-3-10-18)23(29)26-17-19-11-8-15-25-24(19)30-20-12-4-5-13-20/h1-3,8-11,15,20,22H,4-7,12-14,16-17H2,(H,26,29). The lowest BCUT2D eigenvalue weighted by atomic mass is 10.0. The Morgan fingerprint density at radius 1 is 1.10 bits per heavy atom. The summed E-state index contributed by atoms with van der Waals surface area (Å²) < 4.78 is 6.09. The van der Waals surface area contributed by atoms with Crippen LogP contribution in [0.1, 0.15) is 62.1 Å². The Morgan fingerprint density at radius 2 is 1.90 bits per heavy atom. The zero-order chi connectivity index (χ0) is 20.8. The van der Waals surface area contributed by atoms with Gasteiger partial charge in [0.25, 0.3) is 0 Å². The summed E-state index contributed by atoms with van der Waals surface area (Å²) in [5.41, 5.74) is 1.69. The first-order valence-electron chi connectivity index (χ1n) is 10.9. The zero-order valence-electron chi connectivity index (χ0n) is 17.3. The first-order valence-corrected chi connectivity index (χ1v) is 10.9. The number of carbonyl (C=O) groups is 2. The van der Waals surface area contributed by atoms with Crippen molar-refractivity contribution in [1.82, 2.24) is 15.2 Å². The Bertz CT molecular complexity index is 865. The number of amides is 2. The van der Waals surface area contributed by atoms with Crippen molar-refractivity contribution in [3.05, 3.63) is 59.8 Å². The highest BCUT2D eigenvalue weighted by molar-refractivity contribution is 5.89. The molecule has 1 aliphatic carbocycles. The number of piperidine rings is 1. The number of hydrogen-bond acceptors (Lipinski definition) is 4. The number of aromatic nitrogens is 1. The molecule has 2 heterocycles. The van der Waals surface area contributed by atoms with E-state index in [4.69, 9.17) is 4.74 Å². The number of carbonyl (C=O) groups excluding carboxylic acids is 2. The van der Waals surface area contributed by atoms with Crippen molar-refractivity contribution in [3.8, 4) is 5.88 Å². The molecule has 4 rings (SSSR count). The summed E-state index contributed by atoms with van der Waals surface area (Å²) in [6.07, 6.45) is 8.70. The molecule has 30 heavy (non-hydrogen) atoms. The van der Waals surface area contributed by atoms with Gasteiger partial charge in [0.05, 0.1) is 0 Å². The monoisotopic (exact) mass is 407 g/mol. The van der Waals surface area contributed by atoms with Gasteiger partial charge < -0.3 is 15.0 Å². The molecule has 2 aliphatic rings. The van der Waals surface area contributed by atoms with Crippen molar-refractivity contribution in [2.45, 2.75) is 63.6 Å². The maximum absolute atomic E-state index is 13.3. The Morgan fingerprint density at radius 3 is 2.67 bits per heavy atom. The van der Waals surface area contributed by atoms with E-state index in [0.717, 1.165) is 36.8 Å². The molecule has 1 saturated heterocycles. The third-order valence-electron chi connectivity index (χ3n) is 5.92. The summed E-state index contributed by atoms with van der Waals surface area (Å²) in [5, 5.41) is 3.03. The van der Waals surface area contributed by atoms with Crippen LogP contribution in [0.25, 0.3) is 0 Å². The molecule has 1 atom stereocenters. The third kappa shape index (κ3) is 4.81. The summed E-state index contributed by atoms with van der Waals surface area (Å²) in [4.78, 5) is 31.9. The second kappa shape index (κ2) is 9.74. The summed E-state index contributed by atoms with van der Waals surface area (Å²) in [6.45, 7) is 0.925. The normalized spacial score (nSPS) is 18.3. The molecule has 0 spiro atoms. The molecular formula is C24H29N3O3. The van der Waals surface area contributed by atoms with Gasteiger partial charge in [-0.25, -0.2) is 4.98 Å². The highest BCUT2D eigenvalue weighted by Gasteiger charge is 2.32. The van der Waals surface area contributed by atoms with Crippen LogP contribution in [-0.4, -0.2) is 34.3 Å². The zero-order valence-corrected chi connectivity index (χ0v) is 17.3. The predicted octanol–water partition coefficient (Wildman–Crippen LogP) is 3.77.